The molecule has 0 aliphatic heterocycles. The summed E-state index contributed by atoms with van der Waals surface area (Å²) in [4.78, 5) is 11.5. The Bertz CT molecular complexity index is 507. The topological polar surface area (TPSA) is 73.9 Å². The molecule has 1 unspecified atom stereocenters. The Morgan fingerprint density at radius 1 is 1.05 bits per heavy atom. The summed E-state index contributed by atoms with van der Waals surface area (Å²) in [7, 11) is 0. The molecule has 0 bridgehead atoms. The first-order valence-electron chi connectivity index (χ1n) is 6.09. The van der Waals surface area contributed by atoms with E-state index in [4.69, 9.17) is 15.3 Å². The van der Waals surface area contributed by atoms with E-state index in [0.29, 0.717) is 5.92 Å². The summed E-state index contributed by atoms with van der Waals surface area (Å²) >= 11 is 0. The molecule has 19 heavy (non-hydrogen) atoms. The third-order valence-corrected chi connectivity index (χ3v) is 2.86. The van der Waals surface area contributed by atoms with Gasteiger partial charge in [0.2, 0.25) is 5.92 Å². The lowest BCUT2D eigenvalue weighted by atomic mass is 10.0. The zero-order chi connectivity index (χ0) is 14.4. The molecule has 0 heterocycles. The number of esters is 1. The highest BCUT2D eigenvalue weighted by Gasteiger charge is 2.21. The number of nitrogens with zero attached hydrogens (tertiary/aromatic N) is 2. The first kappa shape index (κ1) is 14.7. The highest BCUT2D eigenvalue weighted by Crippen LogP contribution is 2.21. The van der Waals surface area contributed by atoms with Gasteiger partial charge in [-0.25, -0.2) is 4.79 Å². The van der Waals surface area contributed by atoms with E-state index in [-0.39, 0.29) is 0 Å². The number of hydrogen-bond donors (Lipinski definition) is 0. The van der Waals surface area contributed by atoms with Crippen LogP contribution in [-0.2, 0) is 9.53 Å². The van der Waals surface area contributed by atoms with Crippen LogP contribution in [0.5, 0.6) is 0 Å². The summed E-state index contributed by atoms with van der Waals surface area (Å²) in [6.07, 6.45) is -0.474. The zero-order valence-corrected chi connectivity index (χ0v) is 11.3. The highest BCUT2D eigenvalue weighted by atomic mass is 16.5. The zero-order valence-electron chi connectivity index (χ0n) is 11.3. The summed E-state index contributed by atoms with van der Waals surface area (Å²) in [5.41, 5.74) is 2.04. The Kier molecular flexibility index (Phi) is 5.09. The lowest BCUT2D eigenvalue weighted by Gasteiger charge is -2.15. The van der Waals surface area contributed by atoms with Gasteiger partial charge in [-0.3, -0.25) is 0 Å². The number of rotatable bonds is 4. The SMILES string of the molecule is CC(C)c1ccc(C(C)OC(=O)C(C#N)C#N)cc1. The maximum absolute atomic E-state index is 11.5. The average molecular weight is 256 g/mol. The van der Waals surface area contributed by atoms with Crippen LogP contribution in [0, 0.1) is 28.6 Å². The van der Waals surface area contributed by atoms with Crippen LogP contribution in [-0.4, -0.2) is 5.97 Å². The van der Waals surface area contributed by atoms with Crippen LogP contribution in [0.2, 0.25) is 0 Å². The van der Waals surface area contributed by atoms with Crippen molar-refractivity contribution in [3.8, 4) is 12.1 Å². The molecule has 0 aromatic heterocycles. The Hall–Kier alpha value is -2.33. The normalized spacial score (nSPS) is 11.7. The van der Waals surface area contributed by atoms with Crippen LogP contribution in [0.4, 0.5) is 0 Å². The summed E-state index contributed by atoms with van der Waals surface area (Å²) in [6, 6.07) is 10.9. The van der Waals surface area contributed by atoms with Gasteiger partial charge in [0, 0.05) is 0 Å². The summed E-state index contributed by atoms with van der Waals surface area (Å²) < 4.78 is 5.10. The molecular weight excluding hydrogens is 240 g/mol. The van der Waals surface area contributed by atoms with E-state index in [1.165, 1.54) is 5.56 Å². The third kappa shape index (κ3) is 3.82. The molecule has 0 saturated heterocycles. The summed E-state index contributed by atoms with van der Waals surface area (Å²) in [6.45, 7) is 5.92. The monoisotopic (exact) mass is 256 g/mol. The van der Waals surface area contributed by atoms with Gasteiger partial charge in [0.15, 0.2) is 0 Å². The Labute approximate surface area is 113 Å². The van der Waals surface area contributed by atoms with Gasteiger partial charge in [-0.05, 0) is 24.0 Å². The van der Waals surface area contributed by atoms with Crippen LogP contribution in [0.15, 0.2) is 24.3 Å². The second kappa shape index (κ2) is 6.56. The second-order valence-corrected chi connectivity index (χ2v) is 4.59. The molecule has 0 N–H and O–H groups in total. The van der Waals surface area contributed by atoms with Gasteiger partial charge in [-0.1, -0.05) is 38.1 Å². The largest absolute Gasteiger partial charge is 0.456 e. The molecule has 0 aliphatic carbocycles. The van der Waals surface area contributed by atoms with Crippen LogP contribution >= 0.6 is 0 Å². The maximum Gasteiger partial charge on any atom is 0.338 e. The van der Waals surface area contributed by atoms with Crippen LogP contribution in [0.25, 0.3) is 0 Å². The summed E-state index contributed by atoms with van der Waals surface area (Å²) in [5, 5.41) is 17.2. The van der Waals surface area contributed by atoms with E-state index < -0.39 is 18.0 Å². The Morgan fingerprint density at radius 3 is 1.95 bits per heavy atom. The number of nitriles is 2. The molecule has 1 atom stereocenters. The molecule has 0 amide bonds. The van der Waals surface area contributed by atoms with Crippen LogP contribution < -0.4 is 0 Å². The second-order valence-electron chi connectivity index (χ2n) is 4.59. The molecule has 98 valence electrons. The minimum Gasteiger partial charge on any atom is -0.456 e. The van der Waals surface area contributed by atoms with Gasteiger partial charge in [0.25, 0.3) is 0 Å². The van der Waals surface area contributed by atoms with E-state index in [9.17, 15) is 4.79 Å². The fourth-order valence-electron chi connectivity index (χ4n) is 1.60. The van der Waals surface area contributed by atoms with Crippen molar-refractivity contribution >= 4 is 5.97 Å². The summed E-state index contributed by atoms with van der Waals surface area (Å²) in [5.74, 6) is -1.73. The number of benzene rings is 1. The van der Waals surface area contributed by atoms with E-state index >= 15 is 0 Å². The minimum absolute atomic E-state index is 0.438. The maximum atomic E-state index is 11.5. The number of carbonyl (C=O) groups excluding carboxylic acids is 1. The van der Waals surface area contributed by atoms with Crippen molar-refractivity contribution in [2.24, 2.45) is 5.92 Å². The van der Waals surface area contributed by atoms with Crippen molar-refractivity contribution in [3.05, 3.63) is 35.4 Å². The van der Waals surface area contributed by atoms with Crippen LogP contribution in [0.3, 0.4) is 0 Å². The number of ether oxygens (including phenoxy) is 1. The molecule has 1 aromatic carbocycles. The molecule has 4 nitrogen and oxygen atoms in total. The quantitative estimate of drug-likeness (QED) is 0.776. The smallest absolute Gasteiger partial charge is 0.338 e. The third-order valence-electron chi connectivity index (χ3n) is 2.86. The first-order valence-corrected chi connectivity index (χ1v) is 6.09. The Balaban J connectivity index is 2.74. The van der Waals surface area contributed by atoms with Gasteiger partial charge in [-0.15, -0.1) is 0 Å². The number of carbonyl (C=O) groups is 1. The molecular formula is C15H16N2O2. The fraction of sp³-hybridized carbons (Fsp3) is 0.400. The van der Waals surface area contributed by atoms with Gasteiger partial charge in [0.05, 0.1) is 12.1 Å². The minimum atomic E-state index is -1.36. The van der Waals surface area contributed by atoms with E-state index in [2.05, 4.69) is 13.8 Å². The molecule has 4 heteroatoms. The van der Waals surface area contributed by atoms with Gasteiger partial charge in [-0.2, -0.15) is 10.5 Å². The van der Waals surface area contributed by atoms with E-state index in [1.54, 1.807) is 19.1 Å². The van der Waals surface area contributed by atoms with Gasteiger partial charge in [0.1, 0.15) is 6.10 Å². The average Bonchev–Trinajstić information content (AvgIpc) is 2.40. The van der Waals surface area contributed by atoms with Crippen molar-refractivity contribution in [2.45, 2.75) is 32.8 Å². The Morgan fingerprint density at radius 2 is 1.53 bits per heavy atom. The van der Waals surface area contributed by atoms with Gasteiger partial charge >= 0.3 is 5.97 Å². The van der Waals surface area contributed by atoms with Gasteiger partial charge < -0.3 is 4.74 Å². The molecule has 0 spiro atoms. The van der Waals surface area contributed by atoms with Crippen molar-refractivity contribution in [1.29, 1.82) is 10.5 Å². The molecule has 0 fully saturated rings. The molecule has 1 rings (SSSR count). The predicted molar refractivity (Wildman–Crippen MR) is 69.8 cm³/mol. The lowest BCUT2D eigenvalue weighted by Crippen LogP contribution is -2.16. The molecule has 0 radical (unpaired) electrons. The lowest BCUT2D eigenvalue weighted by molar-refractivity contribution is -0.149. The van der Waals surface area contributed by atoms with Crippen molar-refractivity contribution in [1.82, 2.24) is 0 Å². The van der Waals surface area contributed by atoms with Crippen molar-refractivity contribution in [3.63, 3.8) is 0 Å². The first-order chi connectivity index (χ1) is 8.99. The molecule has 0 saturated carbocycles. The standard InChI is InChI=1S/C15H16N2O2/c1-10(2)12-4-6-13(7-5-12)11(3)19-15(18)14(8-16)9-17/h4-7,10-11,14H,1-3H3. The number of hydrogen-bond acceptors (Lipinski definition) is 4. The van der Waals surface area contributed by atoms with Crippen molar-refractivity contribution in [2.75, 3.05) is 0 Å². The van der Waals surface area contributed by atoms with Crippen LogP contribution in [0.1, 0.15) is 43.9 Å². The predicted octanol–water partition coefficient (Wildman–Crippen LogP) is 3.08. The van der Waals surface area contributed by atoms with E-state index in [0.717, 1.165) is 5.56 Å². The van der Waals surface area contributed by atoms with E-state index in [1.807, 2.05) is 24.3 Å². The molecule has 0 aliphatic rings. The fourth-order valence-corrected chi connectivity index (χ4v) is 1.60. The van der Waals surface area contributed by atoms with Crippen molar-refractivity contribution < 1.29 is 9.53 Å². The highest BCUT2D eigenvalue weighted by molar-refractivity contribution is 5.78. The molecule has 1 aromatic rings.